The smallest absolute Gasteiger partial charge is 0.412 e. The van der Waals surface area contributed by atoms with E-state index in [0.29, 0.717) is 9.60 Å². The van der Waals surface area contributed by atoms with E-state index in [9.17, 15) is 4.79 Å². The second kappa shape index (κ2) is 4.80. The molecule has 0 atom stereocenters. The van der Waals surface area contributed by atoms with Gasteiger partial charge in [0.1, 0.15) is 14.6 Å². The van der Waals surface area contributed by atoms with Crippen LogP contribution in [0.5, 0.6) is 0 Å². The molecule has 17 heavy (non-hydrogen) atoms. The molecule has 0 aliphatic heterocycles. The second-order valence-electron chi connectivity index (χ2n) is 3.20. The summed E-state index contributed by atoms with van der Waals surface area (Å²) >= 11 is 4.55. The Bertz CT molecular complexity index is 544. The van der Waals surface area contributed by atoms with Gasteiger partial charge in [0, 0.05) is 25.0 Å². The maximum atomic E-state index is 10.9. The van der Waals surface area contributed by atoms with Crippen molar-refractivity contribution in [3.8, 4) is 10.6 Å². The Morgan fingerprint density at radius 3 is 2.94 bits per heavy atom. The van der Waals surface area contributed by atoms with Crippen LogP contribution in [0.25, 0.3) is 10.6 Å². The van der Waals surface area contributed by atoms with Crippen LogP contribution in [0.4, 0.5) is 9.80 Å². The highest BCUT2D eigenvalue weighted by molar-refractivity contribution is 9.10. The van der Waals surface area contributed by atoms with Crippen LogP contribution in [0.15, 0.2) is 29.1 Å². The molecule has 2 heterocycles. The van der Waals surface area contributed by atoms with Gasteiger partial charge in [-0.3, -0.25) is 9.88 Å². The summed E-state index contributed by atoms with van der Waals surface area (Å²) in [6.45, 7) is 0. The molecular weight excluding hydrogens is 306 g/mol. The monoisotopic (exact) mass is 313 g/mol. The van der Waals surface area contributed by atoms with E-state index in [1.165, 1.54) is 18.4 Å². The van der Waals surface area contributed by atoms with Crippen LogP contribution >= 0.6 is 27.3 Å². The van der Waals surface area contributed by atoms with Crippen LogP contribution in [0.1, 0.15) is 0 Å². The number of carbonyl (C=O) groups is 1. The van der Waals surface area contributed by atoms with Crippen molar-refractivity contribution in [2.24, 2.45) is 0 Å². The number of hydrogen-bond donors (Lipinski definition) is 1. The fourth-order valence-electron chi connectivity index (χ4n) is 1.20. The van der Waals surface area contributed by atoms with Gasteiger partial charge in [-0.2, -0.15) is 0 Å². The number of carboxylic acid groups (broad SMARTS) is 1. The molecule has 1 N–H and O–H groups in total. The minimum atomic E-state index is -1.02. The molecule has 0 unspecified atom stereocenters. The number of halogens is 1. The van der Waals surface area contributed by atoms with E-state index < -0.39 is 6.09 Å². The minimum absolute atomic E-state index is 0.520. The summed E-state index contributed by atoms with van der Waals surface area (Å²) in [4.78, 5) is 20.3. The molecule has 0 bridgehead atoms. The molecule has 0 aromatic carbocycles. The van der Waals surface area contributed by atoms with Gasteiger partial charge in [0.2, 0.25) is 0 Å². The summed E-state index contributed by atoms with van der Waals surface area (Å²) in [5.74, 6) is 0. The molecule has 88 valence electrons. The van der Waals surface area contributed by atoms with E-state index in [-0.39, 0.29) is 0 Å². The first-order chi connectivity index (χ1) is 8.09. The highest BCUT2D eigenvalue weighted by Gasteiger charge is 2.18. The largest absolute Gasteiger partial charge is 0.465 e. The average Bonchev–Trinajstić information content (AvgIpc) is 2.71. The molecule has 7 heteroatoms. The quantitative estimate of drug-likeness (QED) is 0.925. The Kier molecular flexibility index (Phi) is 3.39. The molecule has 0 aliphatic carbocycles. The third-order valence-electron chi connectivity index (χ3n) is 2.07. The van der Waals surface area contributed by atoms with Crippen molar-refractivity contribution in [3.63, 3.8) is 0 Å². The van der Waals surface area contributed by atoms with Crippen molar-refractivity contribution in [1.82, 2.24) is 9.97 Å². The van der Waals surface area contributed by atoms with Gasteiger partial charge < -0.3 is 5.11 Å². The molecule has 2 rings (SSSR count). The predicted octanol–water partition coefficient (Wildman–Crippen LogP) is 3.08. The van der Waals surface area contributed by atoms with E-state index in [1.54, 1.807) is 12.4 Å². The van der Waals surface area contributed by atoms with Crippen molar-refractivity contribution in [1.29, 1.82) is 0 Å². The van der Waals surface area contributed by atoms with Gasteiger partial charge in [0.05, 0.1) is 0 Å². The number of amides is 1. The van der Waals surface area contributed by atoms with Crippen molar-refractivity contribution in [2.45, 2.75) is 0 Å². The van der Waals surface area contributed by atoms with Gasteiger partial charge in [0.15, 0.2) is 0 Å². The van der Waals surface area contributed by atoms with Crippen LogP contribution < -0.4 is 4.90 Å². The zero-order valence-electron chi connectivity index (χ0n) is 8.79. The van der Waals surface area contributed by atoms with Crippen LogP contribution in [0.3, 0.4) is 0 Å². The predicted molar refractivity (Wildman–Crippen MR) is 69.5 cm³/mol. The van der Waals surface area contributed by atoms with Crippen LogP contribution in [0.2, 0.25) is 0 Å². The first kappa shape index (κ1) is 12.0. The minimum Gasteiger partial charge on any atom is -0.465 e. The average molecular weight is 314 g/mol. The maximum Gasteiger partial charge on any atom is 0.412 e. The lowest BCUT2D eigenvalue weighted by atomic mass is 10.3. The molecule has 0 radical (unpaired) electrons. The van der Waals surface area contributed by atoms with Crippen LogP contribution in [-0.2, 0) is 0 Å². The highest BCUT2D eigenvalue weighted by atomic mass is 79.9. The first-order valence-electron chi connectivity index (χ1n) is 4.63. The number of aromatic nitrogens is 2. The fourth-order valence-corrected chi connectivity index (χ4v) is 2.91. The van der Waals surface area contributed by atoms with Gasteiger partial charge in [0.25, 0.3) is 0 Å². The van der Waals surface area contributed by atoms with Gasteiger partial charge in [-0.1, -0.05) is 11.3 Å². The molecule has 2 aromatic rings. The Labute approximate surface area is 110 Å². The molecule has 0 saturated carbocycles. The SMILES string of the molecule is CN(C(=O)O)c1sc(-c2cccnc2)nc1Br. The summed E-state index contributed by atoms with van der Waals surface area (Å²) in [5, 5.41) is 10.2. The van der Waals surface area contributed by atoms with Gasteiger partial charge in [-0.25, -0.2) is 9.78 Å². The zero-order chi connectivity index (χ0) is 12.4. The molecule has 0 aliphatic rings. The lowest BCUT2D eigenvalue weighted by Crippen LogP contribution is -2.22. The number of nitrogens with zero attached hydrogens (tertiary/aromatic N) is 3. The van der Waals surface area contributed by atoms with E-state index in [0.717, 1.165) is 15.5 Å². The van der Waals surface area contributed by atoms with Crippen molar-refractivity contribution < 1.29 is 9.90 Å². The Morgan fingerprint density at radius 2 is 2.35 bits per heavy atom. The van der Waals surface area contributed by atoms with Crippen LogP contribution in [-0.4, -0.2) is 28.2 Å². The molecule has 0 saturated heterocycles. The third kappa shape index (κ3) is 2.45. The normalized spacial score (nSPS) is 10.2. The van der Waals surface area contributed by atoms with E-state index in [1.807, 2.05) is 12.1 Å². The molecular formula is C10H8BrN3O2S. The molecule has 0 spiro atoms. The van der Waals surface area contributed by atoms with E-state index >= 15 is 0 Å². The fraction of sp³-hybridized carbons (Fsp3) is 0.100. The lowest BCUT2D eigenvalue weighted by Gasteiger charge is -2.09. The third-order valence-corrected chi connectivity index (χ3v) is 4.07. The van der Waals surface area contributed by atoms with Gasteiger partial charge >= 0.3 is 6.09 Å². The van der Waals surface area contributed by atoms with Crippen LogP contribution in [0, 0.1) is 0 Å². The number of hydrogen-bond acceptors (Lipinski definition) is 4. The van der Waals surface area contributed by atoms with Gasteiger partial charge in [-0.05, 0) is 28.1 Å². The Balaban J connectivity index is 2.41. The molecule has 1 amide bonds. The Hall–Kier alpha value is -1.47. The second-order valence-corrected chi connectivity index (χ2v) is 4.93. The molecule has 0 fully saturated rings. The van der Waals surface area contributed by atoms with E-state index in [2.05, 4.69) is 25.9 Å². The highest BCUT2D eigenvalue weighted by Crippen LogP contribution is 2.36. The number of pyridine rings is 1. The van der Waals surface area contributed by atoms with E-state index in [4.69, 9.17) is 5.11 Å². The number of rotatable bonds is 2. The first-order valence-corrected chi connectivity index (χ1v) is 6.24. The molecule has 2 aromatic heterocycles. The summed E-state index contributed by atoms with van der Waals surface area (Å²) in [7, 11) is 1.48. The topological polar surface area (TPSA) is 66.3 Å². The summed E-state index contributed by atoms with van der Waals surface area (Å²) in [6.07, 6.45) is 2.35. The zero-order valence-corrected chi connectivity index (χ0v) is 11.2. The van der Waals surface area contributed by atoms with Crippen molar-refractivity contribution in [2.75, 3.05) is 11.9 Å². The van der Waals surface area contributed by atoms with Crippen molar-refractivity contribution >= 4 is 38.4 Å². The van der Waals surface area contributed by atoms with Crippen molar-refractivity contribution in [3.05, 3.63) is 29.1 Å². The molecule has 5 nitrogen and oxygen atoms in total. The number of thiazole rings is 1. The maximum absolute atomic E-state index is 10.9. The summed E-state index contributed by atoms with van der Waals surface area (Å²) in [5.41, 5.74) is 0.864. The number of anilines is 1. The summed E-state index contributed by atoms with van der Waals surface area (Å²) < 4.78 is 0.520. The summed E-state index contributed by atoms with van der Waals surface area (Å²) in [6, 6.07) is 3.69. The standard InChI is InChI=1S/C10H8BrN3O2S/c1-14(10(15)16)9-7(11)13-8(17-9)6-3-2-4-12-5-6/h2-5H,1H3,(H,15,16). The lowest BCUT2D eigenvalue weighted by molar-refractivity contribution is 0.203. The van der Waals surface area contributed by atoms with Gasteiger partial charge in [-0.15, -0.1) is 0 Å². The Morgan fingerprint density at radius 1 is 1.59 bits per heavy atom.